The summed E-state index contributed by atoms with van der Waals surface area (Å²) in [5.41, 5.74) is 8.76. The molecule has 0 radical (unpaired) electrons. The minimum atomic E-state index is 0.525. The molecule has 0 amide bonds. The molecule has 3 aromatic rings. The molecule has 0 aliphatic rings. The van der Waals surface area contributed by atoms with Crippen molar-refractivity contribution in [1.82, 2.24) is 15.0 Å². The third-order valence-corrected chi connectivity index (χ3v) is 4.03. The number of aryl methyl sites for hydroxylation is 1. The van der Waals surface area contributed by atoms with Gasteiger partial charge in [0.2, 0.25) is 0 Å². The van der Waals surface area contributed by atoms with E-state index in [0.717, 1.165) is 15.6 Å². The average molecular weight is 309 g/mol. The Kier molecular flexibility index (Phi) is 4.20. The molecular formula is C16H15N5S. The first kappa shape index (κ1) is 14.3. The van der Waals surface area contributed by atoms with Crippen molar-refractivity contribution in [2.24, 2.45) is 0 Å². The largest absolute Gasteiger partial charge is 0.394 e. The van der Waals surface area contributed by atoms with Gasteiger partial charge in [0, 0.05) is 11.1 Å². The first-order chi connectivity index (χ1) is 10.7. The van der Waals surface area contributed by atoms with Crippen molar-refractivity contribution in [2.45, 2.75) is 16.8 Å². The van der Waals surface area contributed by atoms with Crippen molar-refractivity contribution in [3.05, 3.63) is 60.7 Å². The summed E-state index contributed by atoms with van der Waals surface area (Å²) in [5, 5.41) is 3.88. The van der Waals surface area contributed by atoms with E-state index in [9.17, 15) is 0 Å². The van der Waals surface area contributed by atoms with Crippen molar-refractivity contribution in [3.63, 3.8) is 0 Å². The van der Waals surface area contributed by atoms with Crippen molar-refractivity contribution in [2.75, 3.05) is 11.1 Å². The molecule has 0 atom stereocenters. The number of nitrogens with zero attached hydrogens (tertiary/aromatic N) is 3. The Hall–Kier alpha value is -2.60. The Labute approximate surface area is 133 Å². The van der Waals surface area contributed by atoms with Gasteiger partial charge in [-0.25, -0.2) is 9.97 Å². The molecule has 22 heavy (non-hydrogen) atoms. The number of nitrogen functional groups attached to an aromatic ring is 1. The summed E-state index contributed by atoms with van der Waals surface area (Å²) in [6, 6.07) is 12.0. The van der Waals surface area contributed by atoms with Crippen molar-refractivity contribution in [3.8, 4) is 0 Å². The monoisotopic (exact) mass is 309 g/mol. The van der Waals surface area contributed by atoms with Crippen LogP contribution >= 0.6 is 11.8 Å². The fourth-order valence-electron chi connectivity index (χ4n) is 1.85. The van der Waals surface area contributed by atoms with Crippen LogP contribution in [0.4, 0.5) is 17.2 Å². The molecule has 0 bridgehead atoms. The molecule has 2 aromatic heterocycles. The SMILES string of the molecule is Cc1ccc(Sc2ncnc(Nc3cccnc3)c2N)cc1. The molecule has 0 fully saturated rings. The second-order valence-electron chi connectivity index (χ2n) is 4.72. The standard InChI is InChI=1S/C16H15N5S/c1-11-4-6-13(7-5-11)22-16-14(17)15(19-10-20-16)21-12-3-2-8-18-9-12/h2-10H,17H2,1H3,(H,19,20,21). The fourth-order valence-corrected chi connectivity index (χ4v) is 2.65. The van der Waals surface area contributed by atoms with Gasteiger partial charge in [-0.05, 0) is 31.2 Å². The second kappa shape index (κ2) is 6.44. The zero-order valence-corrected chi connectivity index (χ0v) is 12.8. The van der Waals surface area contributed by atoms with Crippen LogP contribution in [-0.4, -0.2) is 15.0 Å². The molecule has 110 valence electrons. The number of nitrogens with two attached hydrogens (primary N) is 1. The van der Waals surface area contributed by atoms with Gasteiger partial charge in [0.05, 0.1) is 11.9 Å². The highest BCUT2D eigenvalue weighted by molar-refractivity contribution is 7.99. The first-order valence-electron chi connectivity index (χ1n) is 6.74. The second-order valence-corrected chi connectivity index (χ2v) is 5.79. The fraction of sp³-hybridized carbons (Fsp3) is 0.0625. The zero-order chi connectivity index (χ0) is 15.4. The minimum Gasteiger partial charge on any atom is -0.394 e. The van der Waals surface area contributed by atoms with E-state index in [2.05, 4.69) is 51.5 Å². The molecule has 1 aromatic carbocycles. The highest BCUT2D eigenvalue weighted by Gasteiger charge is 2.10. The molecule has 6 heteroatoms. The molecule has 3 N–H and O–H groups in total. The van der Waals surface area contributed by atoms with Crippen LogP contribution in [0.25, 0.3) is 0 Å². The van der Waals surface area contributed by atoms with Gasteiger partial charge in [0.25, 0.3) is 0 Å². The van der Waals surface area contributed by atoms with E-state index in [1.807, 2.05) is 12.1 Å². The van der Waals surface area contributed by atoms with Crippen LogP contribution in [0.5, 0.6) is 0 Å². The van der Waals surface area contributed by atoms with E-state index in [0.29, 0.717) is 11.5 Å². The number of aromatic nitrogens is 3. The van der Waals surface area contributed by atoms with Crippen LogP contribution in [0.2, 0.25) is 0 Å². The van der Waals surface area contributed by atoms with Gasteiger partial charge in [-0.3, -0.25) is 4.98 Å². The van der Waals surface area contributed by atoms with Gasteiger partial charge in [-0.1, -0.05) is 29.5 Å². The van der Waals surface area contributed by atoms with Crippen LogP contribution in [0, 0.1) is 6.92 Å². The van der Waals surface area contributed by atoms with Gasteiger partial charge in [-0.15, -0.1) is 0 Å². The van der Waals surface area contributed by atoms with E-state index in [1.165, 1.54) is 23.7 Å². The van der Waals surface area contributed by atoms with Crippen molar-refractivity contribution >= 4 is 29.0 Å². The van der Waals surface area contributed by atoms with Crippen molar-refractivity contribution < 1.29 is 0 Å². The van der Waals surface area contributed by atoms with Gasteiger partial charge >= 0.3 is 0 Å². The minimum absolute atomic E-state index is 0.525. The Bertz CT molecular complexity index is 759. The van der Waals surface area contributed by atoms with Gasteiger partial charge in [0.15, 0.2) is 5.82 Å². The molecule has 0 unspecified atom stereocenters. The predicted molar refractivity (Wildman–Crippen MR) is 89.3 cm³/mol. The molecule has 2 heterocycles. The van der Waals surface area contributed by atoms with Gasteiger partial charge < -0.3 is 11.1 Å². The zero-order valence-electron chi connectivity index (χ0n) is 12.0. The van der Waals surface area contributed by atoms with E-state index < -0.39 is 0 Å². The summed E-state index contributed by atoms with van der Waals surface area (Å²) in [6.45, 7) is 2.06. The lowest BCUT2D eigenvalue weighted by Gasteiger charge is -2.10. The maximum Gasteiger partial charge on any atom is 0.158 e. The number of hydrogen-bond donors (Lipinski definition) is 2. The lowest BCUT2D eigenvalue weighted by atomic mass is 10.2. The lowest BCUT2D eigenvalue weighted by Crippen LogP contribution is -2.02. The lowest BCUT2D eigenvalue weighted by molar-refractivity contribution is 1.06. The Morgan fingerprint density at radius 2 is 1.91 bits per heavy atom. The van der Waals surface area contributed by atoms with E-state index in [-0.39, 0.29) is 0 Å². The predicted octanol–water partition coefficient (Wildman–Crippen LogP) is 3.66. The van der Waals surface area contributed by atoms with E-state index >= 15 is 0 Å². The number of nitrogens with one attached hydrogen (secondary N) is 1. The Balaban J connectivity index is 1.84. The summed E-state index contributed by atoms with van der Waals surface area (Å²) in [6.07, 6.45) is 4.94. The molecule has 5 nitrogen and oxygen atoms in total. The number of rotatable bonds is 4. The highest BCUT2D eigenvalue weighted by atomic mass is 32.2. The summed E-state index contributed by atoms with van der Waals surface area (Å²) < 4.78 is 0. The Morgan fingerprint density at radius 3 is 2.64 bits per heavy atom. The maximum absolute atomic E-state index is 6.18. The first-order valence-corrected chi connectivity index (χ1v) is 7.56. The van der Waals surface area contributed by atoms with Crippen LogP contribution in [-0.2, 0) is 0 Å². The van der Waals surface area contributed by atoms with Crippen LogP contribution < -0.4 is 11.1 Å². The molecule has 0 aliphatic heterocycles. The quantitative estimate of drug-likeness (QED) is 0.716. The number of hydrogen-bond acceptors (Lipinski definition) is 6. The van der Waals surface area contributed by atoms with Crippen LogP contribution in [0.1, 0.15) is 5.56 Å². The van der Waals surface area contributed by atoms with Crippen LogP contribution in [0.15, 0.2) is 65.0 Å². The normalized spacial score (nSPS) is 10.4. The molecule has 0 saturated carbocycles. The van der Waals surface area contributed by atoms with Gasteiger partial charge in [0.1, 0.15) is 17.0 Å². The third-order valence-electron chi connectivity index (χ3n) is 3.01. The van der Waals surface area contributed by atoms with Crippen molar-refractivity contribution in [1.29, 1.82) is 0 Å². The molecular weight excluding hydrogens is 294 g/mol. The summed E-state index contributed by atoms with van der Waals surface area (Å²) in [5.74, 6) is 0.581. The summed E-state index contributed by atoms with van der Waals surface area (Å²) in [4.78, 5) is 13.6. The van der Waals surface area contributed by atoms with E-state index in [1.54, 1.807) is 12.4 Å². The van der Waals surface area contributed by atoms with Gasteiger partial charge in [-0.2, -0.15) is 0 Å². The highest BCUT2D eigenvalue weighted by Crippen LogP contribution is 2.33. The average Bonchev–Trinajstić information content (AvgIpc) is 2.54. The molecule has 0 saturated heterocycles. The molecule has 0 aliphatic carbocycles. The smallest absolute Gasteiger partial charge is 0.158 e. The number of pyridine rings is 1. The number of benzene rings is 1. The number of anilines is 3. The topological polar surface area (TPSA) is 76.7 Å². The van der Waals surface area contributed by atoms with E-state index in [4.69, 9.17) is 5.73 Å². The van der Waals surface area contributed by atoms with Crippen LogP contribution in [0.3, 0.4) is 0 Å². The third kappa shape index (κ3) is 3.35. The summed E-state index contributed by atoms with van der Waals surface area (Å²) >= 11 is 1.52. The molecule has 0 spiro atoms. The molecule has 3 rings (SSSR count). The Morgan fingerprint density at radius 1 is 1.09 bits per heavy atom. The summed E-state index contributed by atoms with van der Waals surface area (Å²) in [7, 11) is 0. The maximum atomic E-state index is 6.18.